The van der Waals surface area contributed by atoms with Crippen LogP contribution in [-0.2, 0) is 10.0 Å². The average molecular weight is 528 g/mol. The minimum atomic E-state index is -3.58. The number of carbonyl (C=O) groups is 1. The van der Waals surface area contributed by atoms with Gasteiger partial charge in [0.25, 0.3) is 5.91 Å². The fourth-order valence-corrected chi connectivity index (χ4v) is 4.31. The van der Waals surface area contributed by atoms with Crippen LogP contribution in [0.15, 0.2) is 51.8 Å². The molecule has 0 radical (unpaired) electrons. The molecule has 1 amide bonds. The minimum Gasteiger partial charge on any atom is -0.492 e. The first-order chi connectivity index (χ1) is 14.5. The van der Waals surface area contributed by atoms with Gasteiger partial charge in [0.1, 0.15) is 5.75 Å². The maximum absolute atomic E-state index is 12.7. The highest BCUT2D eigenvalue weighted by molar-refractivity contribution is 9.10. The molecule has 3 N–H and O–H groups in total. The number of benzene rings is 2. The second-order valence-corrected chi connectivity index (χ2v) is 10.6. The van der Waals surface area contributed by atoms with Crippen LogP contribution in [0.3, 0.4) is 0 Å². The van der Waals surface area contributed by atoms with Crippen molar-refractivity contribution in [3.63, 3.8) is 0 Å². The lowest BCUT2D eigenvalue weighted by atomic mass is 10.2. The van der Waals surface area contributed by atoms with Gasteiger partial charge in [-0.1, -0.05) is 29.8 Å². The zero-order valence-electron chi connectivity index (χ0n) is 17.7. The molecule has 0 bridgehead atoms. The van der Waals surface area contributed by atoms with Crippen LogP contribution in [0.1, 0.15) is 38.1 Å². The average Bonchev–Trinajstić information content (AvgIpc) is 2.66. The first kappa shape index (κ1) is 25.3. The lowest BCUT2D eigenvalue weighted by molar-refractivity contribution is 0.0973. The highest BCUT2D eigenvalue weighted by Crippen LogP contribution is 2.24. The fourth-order valence-electron chi connectivity index (χ4n) is 2.49. The van der Waals surface area contributed by atoms with Crippen molar-refractivity contribution in [2.75, 3.05) is 11.9 Å². The monoisotopic (exact) mass is 527 g/mol. The van der Waals surface area contributed by atoms with E-state index in [1.807, 2.05) is 13.8 Å². The first-order valence-corrected chi connectivity index (χ1v) is 12.3. The van der Waals surface area contributed by atoms with Crippen LogP contribution in [0.2, 0.25) is 0 Å². The lowest BCUT2D eigenvalue weighted by Gasteiger charge is -2.15. The van der Waals surface area contributed by atoms with Crippen molar-refractivity contribution in [1.29, 1.82) is 0 Å². The number of rotatable bonds is 8. The third-order valence-corrected chi connectivity index (χ3v) is 6.17. The van der Waals surface area contributed by atoms with Crippen molar-refractivity contribution in [1.82, 2.24) is 10.0 Å². The van der Waals surface area contributed by atoms with E-state index in [1.165, 1.54) is 12.1 Å². The molecule has 0 aromatic heterocycles. The first-order valence-electron chi connectivity index (χ1n) is 9.65. The van der Waals surface area contributed by atoms with E-state index in [0.29, 0.717) is 29.5 Å². The SMILES string of the molecule is CC(C)COc1ccc(Br)cc1C(=O)NC(=S)Nc1ccc(S(=O)(=O)NC(C)C)cc1. The highest BCUT2D eigenvalue weighted by atomic mass is 79.9. The zero-order chi connectivity index (χ0) is 23.2. The minimum absolute atomic E-state index is 0.0793. The Kier molecular flexibility index (Phi) is 8.99. The van der Waals surface area contributed by atoms with E-state index >= 15 is 0 Å². The summed E-state index contributed by atoms with van der Waals surface area (Å²) in [5.41, 5.74) is 0.889. The number of carbonyl (C=O) groups excluding carboxylic acids is 1. The Morgan fingerprint density at radius 2 is 1.74 bits per heavy atom. The van der Waals surface area contributed by atoms with Crippen molar-refractivity contribution in [3.05, 3.63) is 52.5 Å². The third kappa shape index (κ3) is 7.88. The number of halogens is 1. The zero-order valence-corrected chi connectivity index (χ0v) is 20.9. The molecule has 31 heavy (non-hydrogen) atoms. The lowest BCUT2D eigenvalue weighted by Crippen LogP contribution is -2.34. The van der Waals surface area contributed by atoms with Crippen LogP contribution in [0, 0.1) is 5.92 Å². The molecule has 0 saturated carbocycles. The summed E-state index contributed by atoms with van der Waals surface area (Å²) in [6, 6.07) is 11.0. The van der Waals surface area contributed by atoms with E-state index in [4.69, 9.17) is 17.0 Å². The molecule has 7 nitrogen and oxygen atoms in total. The molecule has 0 spiro atoms. The van der Waals surface area contributed by atoms with E-state index < -0.39 is 15.9 Å². The van der Waals surface area contributed by atoms with Gasteiger partial charge in [0.15, 0.2) is 5.11 Å². The summed E-state index contributed by atoms with van der Waals surface area (Å²) in [5, 5.41) is 5.58. The normalized spacial score (nSPS) is 11.5. The molecule has 2 aromatic rings. The predicted molar refractivity (Wildman–Crippen MR) is 130 cm³/mol. The van der Waals surface area contributed by atoms with Gasteiger partial charge >= 0.3 is 0 Å². The predicted octanol–water partition coefficient (Wildman–Crippen LogP) is 4.30. The van der Waals surface area contributed by atoms with Gasteiger partial charge in [-0.2, -0.15) is 0 Å². The van der Waals surface area contributed by atoms with Crippen LogP contribution >= 0.6 is 28.1 Å². The summed E-state index contributed by atoms with van der Waals surface area (Å²) in [7, 11) is -3.58. The van der Waals surface area contributed by atoms with Crippen molar-refractivity contribution in [3.8, 4) is 5.75 Å². The molecule has 2 rings (SSSR count). The van der Waals surface area contributed by atoms with Gasteiger partial charge in [0.05, 0.1) is 17.1 Å². The Labute approximate surface area is 197 Å². The van der Waals surface area contributed by atoms with Gasteiger partial charge in [-0.15, -0.1) is 0 Å². The molecule has 0 fully saturated rings. The second kappa shape index (κ2) is 11.0. The van der Waals surface area contributed by atoms with Crippen LogP contribution < -0.4 is 20.1 Å². The second-order valence-electron chi connectivity index (χ2n) is 7.55. The summed E-state index contributed by atoms with van der Waals surface area (Å²) in [6.45, 7) is 8.02. The van der Waals surface area contributed by atoms with E-state index in [2.05, 4.69) is 31.3 Å². The number of hydrogen-bond donors (Lipinski definition) is 3. The van der Waals surface area contributed by atoms with Crippen LogP contribution in [0.4, 0.5) is 5.69 Å². The van der Waals surface area contributed by atoms with E-state index in [9.17, 15) is 13.2 Å². The summed E-state index contributed by atoms with van der Waals surface area (Å²) in [5.74, 6) is 0.354. The Balaban J connectivity index is 2.06. The maximum Gasteiger partial charge on any atom is 0.261 e. The van der Waals surface area contributed by atoms with Crippen molar-refractivity contribution >= 4 is 54.9 Å². The summed E-state index contributed by atoms with van der Waals surface area (Å²) >= 11 is 8.60. The van der Waals surface area contributed by atoms with E-state index in [0.717, 1.165) is 4.47 Å². The molecule has 2 aromatic carbocycles. The Morgan fingerprint density at radius 3 is 2.32 bits per heavy atom. The van der Waals surface area contributed by atoms with Crippen LogP contribution in [0.5, 0.6) is 5.75 Å². The van der Waals surface area contributed by atoms with Gasteiger partial charge in [0.2, 0.25) is 10.0 Å². The number of amides is 1. The smallest absolute Gasteiger partial charge is 0.261 e. The maximum atomic E-state index is 12.7. The number of hydrogen-bond acceptors (Lipinski definition) is 5. The Hall–Kier alpha value is -2.01. The van der Waals surface area contributed by atoms with Gasteiger partial charge in [-0.05, 0) is 74.4 Å². The van der Waals surface area contributed by atoms with E-state index in [-0.39, 0.29) is 16.0 Å². The van der Waals surface area contributed by atoms with Crippen LogP contribution in [-0.4, -0.2) is 32.1 Å². The van der Waals surface area contributed by atoms with Crippen molar-refractivity contribution < 1.29 is 17.9 Å². The summed E-state index contributed by atoms with van der Waals surface area (Å²) < 4.78 is 33.4. The van der Waals surface area contributed by atoms with Crippen molar-refractivity contribution in [2.24, 2.45) is 5.92 Å². The van der Waals surface area contributed by atoms with Gasteiger partial charge in [0, 0.05) is 16.2 Å². The quantitative estimate of drug-likeness (QED) is 0.443. The Morgan fingerprint density at radius 1 is 1.10 bits per heavy atom. The molecule has 0 atom stereocenters. The molecule has 0 aliphatic carbocycles. The third-order valence-electron chi connectivity index (χ3n) is 3.80. The highest BCUT2D eigenvalue weighted by Gasteiger charge is 2.17. The van der Waals surface area contributed by atoms with Gasteiger partial charge in [-0.3, -0.25) is 10.1 Å². The number of nitrogens with one attached hydrogen (secondary N) is 3. The molecular weight excluding hydrogens is 502 g/mol. The van der Waals surface area contributed by atoms with Crippen LogP contribution in [0.25, 0.3) is 0 Å². The molecule has 0 heterocycles. The van der Waals surface area contributed by atoms with Gasteiger partial charge in [-0.25, -0.2) is 13.1 Å². The van der Waals surface area contributed by atoms with Gasteiger partial charge < -0.3 is 10.1 Å². The Bertz CT molecular complexity index is 1040. The number of anilines is 1. The number of sulfonamides is 1. The molecule has 0 saturated heterocycles. The largest absolute Gasteiger partial charge is 0.492 e. The number of ether oxygens (including phenoxy) is 1. The molecule has 10 heteroatoms. The molecule has 0 unspecified atom stereocenters. The fraction of sp³-hybridized carbons (Fsp3) is 0.333. The number of thiocarbonyl (C=S) groups is 1. The standard InChI is InChI=1S/C21H26BrN3O4S2/c1-13(2)12-29-19-10-5-15(22)11-18(19)20(26)24-21(30)23-16-6-8-17(9-7-16)31(27,28)25-14(3)4/h5-11,13-14,25H,12H2,1-4H3,(H2,23,24,26,30). The topological polar surface area (TPSA) is 96.5 Å². The van der Waals surface area contributed by atoms with Crippen molar-refractivity contribution in [2.45, 2.75) is 38.6 Å². The van der Waals surface area contributed by atoms with E-state index in [1.54, 1.807) is 44.2 Å². The summed E-state index contributed by atoms with van der Waals surface area (Å²) in [6.07, 6.45) is 0. The molecule has 0 aliphatic rings. The molecule has 168 valence electrons. The molecule has 0 aliphatic heterocycles. The molecular formula is C21H26BrN3O4S2. The summed E-state index contributed by atoms with van der Waals surface area (Å²) in [4.78, 5) is 12.9.